The topological polar surface area (TPSA) is 179 Å². The van der Waals surface area contributed by atoms with Crippen molar-refractivity contribution in [3.63, 3.8) is 0 Å². The fourth-order valence-electron chi connectivity index (χ4n) is 2.07. The molecule has 0 spiro atoms. The van der Waals surface area contributed by atoms with Gasteiger partial charge in [0.05, 0.1) is 11.5 Å². The van der Waals surface area contributed by atoms with Crippen LogP contribution >= 0.6 is 0 Å². The van der Waals surface area contributed by atoms with Gasteiger partial charge in [-0.1, -0.05) is 0 Å². The Balaban J connectivity index is 2.28. The molecule has 1 saturated heterocycles. The van der Waals surface area contributed by atoms with Gasteiger partial charge in [0.15, 0.2) is 11.1 Å². The molecule has 4 atom stereocenters. The lowest BCUT2D eigenvalue weighted by Gasteiger charge is -2.35. The molecule has 11 nitrogen and oxygen atoms in total. The molecule has 128 valence electrons. The van der Waals surface area contributed by atoms with E-state index in [0.29, 0.717) is 0 Å². The molecule has 1 heterocycles. The molecule has 0 radical (unpaired) electrons. The minimum Gasteiger partial charge on any atom is -0.388 e. The van der Waals surface area contributed by atoms with Gasteiger partial charge in [0.2, 0.25) is 0 Å². The zero-order valence-electron chi connectivity index (χ0n) is 11.4. The van der Waals surface area contributed by atoms with Gasteiger partial charge in [-0.15, -0.1) is 0 Å². The number of nitro groups is 1. The van der Waals surface area contributed by atoms with Gasteiger partial charge in [-0.3, -0.25) is 14.7 Å². The van der Waals surface area contributed by atoms with E-state index in [4.69, 9.17) is 9.29 Å². The van der Waals surface area contributed by atoms with E-state index < -0.39 is 50.2 Å². The van der Waals surface area contributed by atoms with Crippen molar-refractivity contribution in [1.82, 2.24) is 0 Å². The number of nitro benzene ring substituents is 1. The average molecular weight is 350 g/mol. The van der Waals surface area contributed by atoms with E-state index in [2.05, 4.69) is 5.32 Å². The number of aliphatic hydroxyl groups excluding tert-OH is 3. The van der Waals surface area contributed by atoms with Crippen LogP contribution in [0.15, 0.2) is 23.1 Å². The number of nitrogens with zero attached hydrogens (tertiary/aromatic N) is 1. The average Bonchev–Trinajstić information content (AvgIpc) is 2.46. The van der Waals surface area contributed by atoms with Crippen molar-refractivity contribution in [2.75, 3.05) is 11.9 Å². The van der Waals surface area contributed by atoms with Crippen LogP contribution in [0.5, 0.6) is 0 Å². The van der Waals surface area contributed by atoms with Crippen molar-refractivity contribution < 1.29 is 38.0 Å². The minimum absolute atomic E-state index is 0.0109. The molecular formula is C11H14N2O9S. The maximum atomic E-state index is 11.1. The first kappa shape index (κ1) is 17.5. The third-order valence-corrected chi connectivity index (χ3v) is 4.14. The summed E-state index contributed by atoms with van der Waals surface area (Å²) in [6.45, 7) is -0.277. The molecule has 1 aliphatic rings. The lowest BCUT2D eigenvalue weighted by atomic mass is 10.0. The molecule has 12 heteroatoms. The van der Waals surface area contributed by atoms with Gasteiger partial charge >= 0.3 is 10.1 Å². The van der Waals surface area contributed by atoms with Crippen LogP contribution in [0.1, 0.15) is 0 Å². The smallest absolute Gasteiger partial charge is 0.301 e. The molecule has 0 aliphatic carbocycles. The summed E-state index contributed by atoms with van der Waals surface area (Å²) in [5.41, 5.74) is -0.861. The fraction of sp³-hybridized carbons (Fsp3) is 0.455. The molecule has 0 amide bonds. The first-order valence-corrected chi connectivity index (χ1v) is 7.73. The van der Waals surface area contributed by atoms with Gasteiger partial charge in [0.25, 0.3) is 5.69 Å². The Labute approximate surface area is 130 Å². The fourth-order valence-corrected chi connectivity index (χ4v) is 2.70. The number of benzene rings is 1. The lowest BCUT2D eigenvalue weighted by molar-refractivity contribution is -0.387. The first-order valence-electron chi connectivity index (χ1n) is 6.29. The van der Waals surface area contributed by atoms with E-state index in [1.165, 1.54) is 0 Å². The molecule has 4 unspecified atom stereocenters. The van der Waals surface area contributed by atoms with Crippen molar-refractivity contribution in [2.24, 2.45) is 0 Å². The van der Waals surface area contributed by atoms with Gasteiger partial charge in [0, 0.05) is 11.8 Å². The van der Waals surface area contributed by atoms with E-state index in [0.717, 1.165) is 18.2 Å². The second-order valence-corrected chi connectivity index (χ2v) is 6.25. The number of nitrogens with one attached hydrogen (secondary N) is 1. The number of hydrogen-bond donors (Lipinski definition) is 5. The van der Waals surface area contributed by atoms with Crippen LogP contribution < -0.4 is 5.32 Å². The number of anilines is 1. The predicted molar refractivity (Wildman–Crippen MR) is 74.3 cm³/mol. The van der Waals surface area contributed by atoms with E-state index in [1.807, 2.05) is 0 Å². The molecule has 1 fully saturated rings. The largest absolute Gasteiger partial charge is 0.388 e. The third kappa shape index (κ3) is 3.74. The van der Waals surface area contributed by atoms with Crippen molar-refractivity contribution in [3.05, 3.63) is 28.3 Å². The summed E-state index contributed by atoms with van der Waals surface area (Å²) in [6.07, 6.45) is -5.45. The molecular weight excluding hydrogens is 336 g/mol. The zero-order chi connectivity index (χ0) is 17.4. The number of hydrogen-bond acceptors (Lipinski definition) is 9. The van der Waals surface area contributed by atoms with Crippen molar-refractivity contribution in [3.8, 4) is 0 Å². The van der Waals surface area contributed by atoms with Crippen molar-refractivity contribution in [1.29, 1.82) is 0 Å². The summed E-state index contributed by atoms with van der Waals surface area (Å²) >= 11 is 0. The standard InChI is InChI=1S/C11H14N2O9S/c14-7-4-22-11(10(16)9(7)15)12-5-1-2-8(23(19,20)21)6(3-5)13(17)18/h1-3,7,9-12,14-16H,4H2,(H,19,20,21). The van der Waals surface area contributed by atoms with Gasteiger partial charge < -0.3 is 25.4 Å². The lowest BCUT2D eigenvalue weighted by Crippen LogP contribution is -2.55. The van der Waals surface area contributed by atoms with Crippen LogP contribution in [0, 0.1) is 10.1 Å². The van der Waals surface area contributed by atoms with Crippen LogP contribution in [0.2, 0.25) is 0 Å². The SMILES string of the molecule is O=[N+]([O-])c1cc(NC2OCC(O)C(O)C2O)ccc1S(=O)(=O)O. The normalized spacial score (nSPS) is 28.3. The second-order valence-electron chi connectivity index (χ2n) is 4.86. The van der Waals surface area contributed by atoms with E-state index in [9.17, 15) is 33.9 Å². The highest BCUT2D eigenvalue weighted by atomic mass is 32.2. The second kappa shape index (κ2) is 6.35. The number of rotatable bonds is 4. The monoisotopic (exact) mass is 350 g/mol. The van der Waals surface area contributed by atoms with Gasteiger partial charge in [-0.05, 0) is 12.1 Å². The van der Waals surface area contributed by atoms with E-state index in [-0.39, 0.29) is 12.3 Å². The summed E-state index contributed by atoms with van der Waals surface area (Å²) in [7, 11) is -4.78. The highest BCUT2D eigenvalue weighted by Crippen LogP contribution is 2.28. The van der Waals surface area contributed by atoms with Crippen molar-refractivity contribution >= 4 is 21.5 Å². The Morgan fingerprint density at radius 1 is 1.26 bits per heavy atom. The molecule has 1 aromatic rings. The van der Waals surface area contributed by atoms with Crippen LogP contribution in [-0.4, -0.2) is 64.4 Å². The molecule has 23 heavy (non-hydrogen) atoms. The Hall–Kier alpha value is -1.83. The van der Waals surface area contributed by atoms with Gasteiger partial charge in [-0.2, -0.15) is 8.42 Å². The Bertz CT molecular complexity index is 707. The van der Waals surface area contributed by atoms with Gasteiger partial charge in [-0.25, -0.2) is 0 Å². The molecule has 5 N–H and O–H groups in total. The minimum atomic E-state index is -4.78. The summed E-state index contributed by atoms with van der Waals surface area (Å²) in [6, 6.07) is 2.76. The molecule has 1 aromatic carbocycles. The Morgan fingerprint density at radius 2 is 1.91 bits per heavy atom. The summed E-state index contributed by atoms with van der Waals surface area (Å²) < 4.78 is 36.2. The summed E-state index contributed by atoms with van der Waals surface area (Å²) in [4.78, 5) is 9.04. The molecule has 1 aliphatic heterocycles. The van der Waals surface area contributed by atoms with Crippen molar-refractivity contribution in [2.45, 2.75) is 29.4 Å². The number of aliphatic hydroxyl groups is 3. The quantitative estimate of drug-likeness (QED) is 0.248. The van der Waals surface area contributed by atoms with E-state index >= 15 is 0 Å². The summed E-state index contributed by atoms with van der Waals surface area (Å²) in [5, 5.41) is 42.1. The molecule has 0 aromatic heterocycles. The highest BCUT2D eigenvalue weighted by molar-refractivity contribution is 7.86. The van der Waals surface area contributed by atoms with Crippen LogP contribution in [0.4, 0.5) is 11.4 Å². The van der Waals surface area contributed by atoms with Crippen LogP contribution in [0.3, 0.4) is 0 Å². The summed E-state index contributed by atoms with van der Waals surface area (Å²) in [5.74, 6) is 0. The van der Waals surface area contributed by atoms with E-state index in [1.54, 1.807) is 0 Å². The Morgan fingerprint density at radius 3 is 2.48 bits per heavy atom. The molecule has 0 bridgehead atoms. The third-order valence-electron chi connectivity index (χ3n) is 3.24. The van der Waals surface area contributed by atoms with Crippen LogP contribution in [0.25, 0.3) is 0 Å². The highest BCUT2D eigenvalue weighted by Gasteiger charge is 2.37. The zero-order valence-corrected chi connectivity index (χ0v) is 12.3. The molecule has 0 saturated carbocycles. The number of ether oxygens (including phenoxy) is 1. The predicted octanol–water partition coefficient (Wildman–Crippen LogP) is -1.31. The Kier molecular flexibility index (Phi) is 4.84. The maximum absolute atomic E-state index is 11.1. The first-order chi connectivity index (χ1) is 10.6. The molecule has 2 rings (SSSR count). The maximum Gasteiger partial charge on any atom is 0.301 e. The van der Waals surface area contributed by atoms with Gasteiger partial charge in [0.1, 0.15) is 18.3 Å². The van der Waals surface area contributed by atoms with Crippen LogP contribution in [-0.2, 0) is 14.9 Å².